The van der Waals surface area contributed by atoms with Crippen LogP contribution in [-0.2, 0) is 13.5 Å². The standard InChI is InChI=1S/C8H11NO.2C2H6/c1-3-7-6-9(2)5-4-8(7)10;2*1-2/h4-6H,3H2,1-2H3;2*1-2H3. The summed E-state index contributed by atoms with van der Waals surface area (Å²) in [5.41, 5.74) is 1.02. The summed E-state index contributed by atoms with van der Waals surface area (Å²) in [6, 6.07) is 1.60. The molecule has 0 saturated carbocycles. The van der Waals surface area contributed by atoms with Crippen LogP contribution >= 0.6 is 0 Å². The van der Waals surface area contributed by atoms with Crippen molar-refractivity contribution in [1.29, 1.82) is 0 Å². The van der Waals surface area contributed by atoms with Gasteiger partial charge < -0.3 is 4.57 Å². The van der Waals surface area contributed by atoms with E-state index < -0.39 is 0 Å². The van der Waals surface area contributed by atoms with E-state index in [0.29, 0.717) is 0 Å². The first kappa shape index (κ1) is 15.4. The summed E-state index contributed by atoms with van der Waals surface area (Å²) in [7, 11) is 1.92. The van der Waals surface area contributed by atoms with Crippen LogP contribution in [0.15, 0.2) is 23.3 Å². The fourth-order valence-electron chi connectivity index (χ4n) is 0.910. The molecule has 14 heavy (non-hydrogen) atoms. The van der Waals surface area contributed by atoms with Crippen molar-refractivity contribution < 1.29 is 0 Å². The molecule has 0 saturated heterocycles. The molecule has 2 nitrogen and oxygen atoms in total. The maximum Gasteiger partial charge on any atom is 0.184 e. The number of rotatable bonds is 1. The molecule has 0 bridgehead atoms. The lowest BCUT2D eigenvalue weighted by Gasteiger charge is -1.98. The molecule has 0 fully saturated rings. The monoisotopic (exact) mass is 197 g/mol. The minimum absolute atomic E-state index is 0.139. The molecule has 0 aliphatic rings. The minimum atomic E-state index is 0.139. The Morgan fingerprint density at radius 3 is 2.07 bits per heavy atom. The van der Waals surface area contributed by atoms with Crippen molar-refractivity contribution in [2.75, 3.05) is 0 Å². The Kier molecular flexibility index (Phi) is 11.1. The van der Waals surface area contributed by atoms with Gasteiger partial charge in [0.25, 0.3) is 0 Å². The summed E-state index contributed by atoms with van der Waals surface area (Å²) in [5, 5.41) is 0. The predicted octanol–water partition coefficient (Wildman–Crippen LogP) is 3.00. The highest BCUT2D eigenvalue weighted by molar-refractivity contribution is 5.09. The van der Waals surface area contributed by atoms with Crippen LogP contribution in [0.3, 0.4) is 0 Å². The van der Waals surface area contributed by atoms with Crippen molar-refractivity contribution in [2.45, 2.75) is 41.0 Å². The molecule has 1 heterocycles. The van der Waals surface area contributed by atoms with Gasteiger partial charge in [-0.1, -0.05) is 34.6 Å². The average molecular weight is 197 g/mol. The molecule has 1 aromatic heterocycles. The van der Waals surface area contributed by atoms with E-state index >= 15 is 0 Å². The molecule has 82 valence electrons. The highest BCUT2D eigenvalue weighted by atomic mass is 16.1. The lowest BCUT2D eigenvalue weighted by Crippen LogP contribution is -2.08. The Morgan fingerprint density at radius 2 is 1.71 bits per heavy atom. The van der Waals surface area contributed by atoms with Gasteiger partial charge in [-0.25, -0.2) is 0 Å². The third kappa shape index (κ3) is 5.57. The lowest BCUT2D eigenvalue weighted by atomic mass is 10.2. The number of pyridine rings is 1. The summed E-state index contributed by atoms with van der Waals surface area (Å²) in [4.78, 5) is 11.0. The summed E-state index contributed by atoms with van der Waals surface area (Å²) in [6.45, 7) is 9.98. The predicted molar refractivity (Wildman–Crippen MR) is 63.8 cm³/mol. The molecular formula is C12H23NO. The Labute approximate surface area is 87.6 Å². The van der Waals surface area contributed by atoms with Gasteiger partial charge in [-0.05, 0) is 6.42 Å². The molecule has 0 amide bonds. The average Bonchev–Trinajstić information content (AvgIpc) is 2.27. The maximum atomic E-state index is 11.0. The summed E-state index contributed by atoms with van der Waals surface area (Å²) in [5.74, 6) is 0. The first-order chi connectivity index (χ1) is 6.74. The Morgan fingerprint density at radius 1 is 1.21 bits per heavy atom. The second-order valence-electron chi connectivity index (χ2n) is 2.35. The van der Waals surface area contributed by atoms with Crippen molar-refractivity contribution >= 4 is 0 Å². The number of nitrogens with zero attached hydrogens (tertiary/aromatic N) is 1. The van der Waals surface area contributed by atoms with Gasteiger partial charge >= 0.3 is 0 Å². The zero-order valence-electron chi connectivity index (χ0n) is 10.3. The van der Waals surface area contributed by atoms with Gasteiger partial charge in [0, 0.05) is 31.1 Å². The van der Waals surface area contributed by atoms with Crippen LogP contribution in [0.2, 0.25) is 0 Å². The number of aromatic nitrogens is 1. The third-order valence-corrected chi connectivity index (χ3v) is 1.52. The molecule has 1 rings (SSSR count). The maximum absolute atomic E-state index is 11.0. The SMILES string of the molecule is CC.CC.CCc1cn(C)ccc1=O. The molecule has 0 aromatic carbocycles. The van der Waals surface area contributed by atoms with E-state index in [2.05, 4.69) is 0 Å². The minimum Gasteiger partial charge on any atom is -0.357 e. The molecule has 0 aliphatic heterocycles. The first-order valence-electron chi connectivity index (χ1n) is 5.39. The molecule has 0 aliphatic carbocycles. The van der Waals surface area contributed by atoms with Gasteiger partial charge in [0.1, 0.15) is 0 Å². The number of hydrogen-bond acceptors (Lipinski definition) is 1. The lowest BCUT2D eigenvalue weighted by molar-refractivity contribution is 0.874. The molecule has 0 radical (unpaired) electrons. The van der Waals surface area contributed by atoms with Crippen LogP contribution < -0.4 is 5.43 Å². The van der Waals surface area contributed by atoms with E-state index in [1.165, 1.54) is 0 Å². The van der Waals surface area contributed by atoms with Crippen molar-refractivity contribution in [3.63, 3.8) is 0 Å². The normalized spacial score (nSPS) is 7.86. The van der Waals surface area contributed by atoms with Crippen LogP contribution in [0.5, 0.6) is 0 Å². The van der Waals surface area contributed by atoms with E-state index in [9.17, 15) is 4.79 Å². The van der Waals surface area contributed by atoms with Gasteiger partial charge in [-0.15, -0.1) is 0 Å². The molecule has 0 N–H and O–H groups in total. The van der Waals surface area contributed by atoms with Gasteiger partial charge in [0.05, 0.1) is 0 Å². The van der Waals surface area contributed by atoms with Crippen LogP contribution in [-0.4, -0.2) is 4.57 Å². The second kappa shape index (κ2) is 10.0. The molecule has 2 heteroatoms. The number of hydrogen-bond donors (Lipinski definition) is 0. The van der Waals surface area contributed by atoms with Gasteiger partial charge in [-0.2, -0.15) is 0 Å². The topological polar surface area (TPSA) is 22.0 Å². The van der Waals surface area contributed by atoms with E-state index in [1.54, 1.807) is 12.3 Å². The Balaban J connectivity index is 0. The molecule has 1 aromatic rings. The van der Waals surface area contributed by atoms with Crippen molar-refractivity contribution in [1.82, 2.24) is 4.57 Å². The van der Waals surface area contributed by atoms with Crippen molar-refractivity contribution in [3.8, 4) is 0 Å². The summed E-state index contributed by atoms with van der Waals surface area (Å²) < 4.78 is 1.89. The molecule has 0 atom stereocenters. The largest absolute Gasteiger partial charge is 0.357 e. The van der Waals surface area contributed by atoms with Crippen LogP contribution in [0, 0.1) is 0 Å². The fourth-order valence-corrected chi connectivity index (χ4v) is 0.910. The van der Waals surface area contributed by atoms with Gasteiger partial charge in [0.2, 0.25) is 0 Å². The highest BCUT2D eigenvalue weighted by Gasteiger charge is 1.93. The summed E-state index contributed by atoms with van der Waals surface area (Å²) >= 11 is 0. The molecular weight excluding hydrogens is 174 g/mol. The quantitative estimate of drug-likeness (QED) is 0.678. The van der Waals surface area contributed by atoms with E-state index in [4.69, 9.17) is 0 Å². The molecule has 0 spiro atoms. The first-order valence-corrected chi connectivity index (χ1v) is 5.39. The van der Waals surface area contributed by atoms with Crippen molar-refractivity contribution in [3.05, 3.63) is 34.2 Å². The van der Waals surface area contributed by atoms with Crippen LogP contribution in [0.4, 0.5) is 0 Å². The smallest absolute Gasteiger partial charge is 0.184 e. The fraction of sp³-hybridized carbons (Fsp3) is 0.583. The zero-order chi connectivity index (χ0) is 11.6. The van der Waals surface area contributed by atoms with Crippen LogP contribution in [0.1, 0.15) is 40.2 Å². The second-order valence-corrected chi connectivity index (χ2v) is 2.35. The Bertz CT molecular complexity index is 276. The Hall–Kier alpha value is -1.05. The van der Waals surface area contributed by atoms with E-state index in [0.717, 1.165) is 12.0 Å². The highest BCUT2D eigenvalue weighted by Crippen LogP contribution is 1.89. The number of aryl methyl sites for hydroxylation is 2. The molecule has 0 unspecified atom stereocenters. The van der Waals surface area contributed by atoms with Gasteiger partial charge in [0.15, 0.2) is 5.43 Å². The van der Waals surface area contributed by atoms with E-state index in [-0.39, 0.29) is 5.43 Å². The zero-order valence-corrected chi connectivity index (χ0v) is 10.3. The van der Waals surface area contributed by atoms with E-state index in [1.807, 2.05) is 52.4 Å². The van der Waals surface area contributed by atoms with Crippen LogP contribution in [0.25, 0.3) is 0 Å². The van der Waals surface area contributed by atoms with Gasteiger partial charge in [-0.3, -0.25) is 4.79 Å². The van der Waals surface area contributed by atoms with Crippen molar-refractivity contribution in [2.24, 2.45) is 7.05 Å². The third-order valence-electron chi connectivity index (χ3n) is 1.52. The summed E-state index contributed by atoms with van der Waals surface area (Å²) in [6.07, 6.45) is 4.44.